The van der Waals surface area contributed by atoms with E-state index in [9.17, 15) is 0 Å². The lowest BCUT2D eigenvalue weighted by Crippen LogP contribution is -2.29. The molecule has 1 aliphatic carbocycles. The summed E-state index contributed by atoms with van der Waals surface area (Å²) in [5.41, 5.74) is 0. The average Bonchev–Trinajstić information content (AvgIpc) is 3.14. The van der Waals surface area contributed by atoms with Gasteiger partial charge < -0.3 is 14.8 Å². The van der Waals surface area contributed by atoms with Gasteiger partial charge in [-0.15, -0.1) is 0 Å². The normalized spacial score (nSPS) is 27.3. The molecule has 2 unspecified atom stereocenters. The van der Waals surface area contributed by atoms with Gasteiger partial charge in [-0.25, -0.2) is 0 Å². The highest BCUT2D eigenvalue weighted by Gasteiger charge is 2.28. The van der Waals surface area contributed by atoms with Crippen molar-refractivity contribution in [3.05, 3.63) is 24.5 Å². The summed E-state index contributed by atoms with van der Waals surface area (Å²) in [6, 6.07) is 4.57. The summed E-state index contributed by atoms with van der Waals surface area (Å²) in [6.07, 6.45) is 8.99. The monoisotopic (exact) mass is 248 g/mol. The van der Waals surface area contributed by atoms with Gasteiger partial charge in [-0.2, -0.15) is 0 Å². The van der Waals surface area contributed by atoms with E-state index < -0.39 is 0 Å². The van der Waals surface area contributed by atoms with Crippen LogP contribution in [0.5, 0.6) is 5.75 Å². The Morgan fingerprint density at radius 2 is 2.17 bits per heavy atom. The first kappa shape index (κ1) is 11.9. The number of nitrogens with one attached hydrogen (secondary N) is 1. The Morgan fingerprint density at radius 1 is 1.28 bits per heavy atom. The zero-order valence-electron chi connectivity index (χ0n) is 10.5. The predicted molar refractivity (Wildman–Crippen MR) is 68.7 cm³/mol. The van der Waals surface area contributed by atoms with Gasteiger partial charge in [0.15, 0.2) is 0 Å². The Hall–Kier alpha value is -1.13. The third-order valence-electron chi connectivity index (χ3n) is 3.48. The molecule has 18 heavy (non-hydrogen) atoms. The minimum absolute atomic E-state index is 0.233. The molecule has 1 saturated heterocycles. The molecule has 2 atom stereocenters. The van der Waals surface area contributed by atoms with E-state index in [-0.39, 0.29) is 6.10 Å². The molecule has 0 aromatic carbocycles. The van der Waals surface area contributed by atoms with E-state index in [4.69, 9.17) is 9.47 Å². The van der Waals surface area contributed by atoms with Gasteiger partial charge in [0.2, 0.25) is 0 Å². The van der Waals surface area contributed by atoms with Crippen LogP contribution in [0.4, 0.5) is 0 Å². The minimum Gasteiger partial charge on any atom is -0.489 e. The molecule has 0 amide bonds. The summed E-state index contributed by atoms with van der Waals surface area (Å²) in [6.45, 7) is 1.62. The maximum atomic E-state index is 5.95. The van der Waals surface area contributed by atoms with Gasteiger partial charge in [0, 0.05) is 18.8 Å². The van der Waals surface area contributed by atoms with Gasteiger partial charge in [0.1, 0.15) is 12.4 Å². The van der Waals surface area contributed by atoms with Crippen LogP contribution in [0.1, 0.15) is 25.7 Å². The van der Waals surface area contributed by atoms with Crippen molar-refractivity contribution in [1.82, 2.24) is 10.3 Å². The Labute approximate surface area is 108 Å². The molecule has 98 valence electrons. The lowest BCUT2D eigenvalue weighted by Gasteiger charge is -2.15. The third kappa shape index (κ3) is 3.43. The highest BCUT2D eigenvalue weighted by atomic mass is 16.5. The number of pyridine rings is 1. The van der Waals surface area contributed by atoms with E-state index in [0.29, 0.717) is 12.7 Å². The molecule has 1 aromatic heterocycles. The van der Waals surface area contributed by atoms with Crippen LogP contribution >= 0.6 is 0 Å². The fourth-order valence-electron chi connectivity index (χ4n) is 2.26. The molecule has 4 nitrogen and oxygen atoms in total. The quantitative estimate of drug-likeness (QED) is 0.833. The number of hydrogen-bond donors (Lipinski definition) is 1. The summed E-state index contributed by atoms with van der Waals surface area (Å²) >= 11 is 0. The van der Waals surface area contributed by atoms with Crippen molar-refractivity contribution in [2.45, 2.75) is 43.9 Å². The summed E-state index contributed by atoms with van der Waals surface area (Å²) in [4.78, 5) is 4.02. The second kappa shape index (κ2) is 5.67. The Bertz CT molecular complexity index is 367. The molecule has 2 aliphatic rings. The molecular formula is C14H20N2O2. The second-order valence-electron chi connectivity index (χ2n) is 5.14. The second-order valence-corrected chi connectivity index (χ2v) is 5.14. The maximum Gasteiger partial charge on any atom is 0.137 e. The Kier molecular flexibility index (Phi) is 3.76. The largest absolute Gasteiger partial charge is 0.489 e. The van der Waals surface area contributed by atoms with E-state index in [1.54, 1.807) is 12.4 Å². The molecule has 1 saturated carbocycles. The van der Waals surface area contributed by atoms with Gasteiger partial charge >= 0.3 is 0 Å². The molecule has 0 radical (unpaired) electrons. The molecule has 3 rings (SSSR count). The lowest BCUT2D eigenvalue weighted by molar-refractivity contribution is 0.0183. The number of rotatable bonds is 6. The zero-order valence-corrected chi connectivity index (χ0v) is 10.5. The van der Waals surface area contributed by atoms with Crippen molar-refractivity contribution in [1.29, 1.82) is 0 Å². The van der Waals surface area contributed by atoms with Crippen LogP contribution in [-0.2, 0) is 4.74 Å². The Balaban J connectivity index is 1.36. The van der Waals surface area contributed by atoms with Crippen molar-refractivity contribution in [3.63, 3.8) is 0 Å². The van der Waals surface area contributed by atoms with E-state index >= 15 is 0 Å². The van der Waals surface area contributed by atoms with Crippen molar-refractivity contribution in [3.8, 4) is 5.75 Å². The average molecular weight is 248 g/mol. The van der Waals surface area contributed by atoms with E-state index in [1.807, 2.05) is 12.1 Å². The first-order valence-electron chi connectivity index (χ1n) is 6.82. The van der Waals surface area contributed by atoms with Crippen LogP contribution in [0, 0.1) is 0 Å². The van der Waals surface area contributed by atoms with Gasteiger partial charge in [-0.05, 0) is 37.8 Å². The van der Waals surface area contributed by atoms with Crippen molar-refractivity contribution in [2.75, 3.05) is 13.2 Å². The molecule has 2 heterocycles. The molecule has 0 bridgehead atoms. The van der Waals surface area contributed by atoms with E-state index in [1.165, 1.54) is 12.8 Å². The summed E-state index contributed by atoms with van der Waals surface area (Å²) in [5, 5.41) is 3.52. The summed E-state index contributed by atoms with van der Waals surface area (Å²) in [5.74, 6) is 0.820. The molecule has 2 fully saturated rings. The predicted octanol–water partition coefficient (Wildman–Crippen LogP) is 1.76. The standard InChI is InChI=1S/C14H20N2O2/c1-2-12(8-15-7-1)17-10-14-6-5-13(18-14)9-16-11-3-4-11/h1-2,7-8,11,13-14,16H,3-6,9-10H2. The number of hydrogen-bond acceptors (Lipinski definition) is 4. The number of ether oxygens (including phenoxy) is 2. The number of aromatic nitrogens is 1. The van der Waals surface area contributed by atoms with Crippen molar-refractivity contribution in [2.24, 2.45) is 0 Å². The maximum absolute atomic E-state index is 5.95. The molecule has 1 aromatic rings. The van der Waals surface area contributed by atoms with Gasteiger partial charge in [-0.1, -0.05) is 0 Å². The highest BCUT2D eigenvalue weighted by Crippen LogP contribution is 2.23. The first-order chi connectivity index (χ1) is 8.90. The van der Waals surface area contributed by atoms with Crippen LogP contribution in [0.25, 0.3) is 0 Å². The van der Waals surface area contributed by atoms with Crippen LogP contribution in [0.3, 0.4) is 0 Å². The topological polar surface area (TPSA) is 43.4 Å². The summed E-state index contributed by atoms with van der Waals surface area (Å²) < 4.78 is 11.6. The van der Waals surface area contributed by atoms with Crippen molar-refractivity contribution < 1.29 is 9.47 Å². The molecule has 1 N–H and O–H groups in total. The van der Waals surface area contributed by atoms with Crippen molar-refractivity contribution >= 4 is 0 Å². The van der Waals surface area contributed by atoms with Gasteiger partial charge in [0.05, 0.1) is 18.4 Å². The highest BCUT2D eigenvalue weighted by molar-refractivity contribution is 5.15. The fraction of sp³-hybridized carbons (Fsp3) is 0.643. The van der Waals surface area contributed by atoms with Crippen LogP contribution in [0.15, 0.2) is 24.5 Å². The Morgan fingerprint density at radius 3 is 2.94 bits per heavy atom. The van der Waals surface area contributed by atoms with Crippen LogP contribution < -0.4 is 10.1 Å². The molecular weight excluding hydrogens is 228 g/mol. The fourth-order valence-corrected chi connectivity index (χ4v) is 2.26. The smallest absolute Gasteiger partial charge is 0.137 e. The lowest BCUT2D eigenvalue weighted by atomic mass is 10.2. The SMILES string of the molecule is c1cncc(OCC2CCC(CNC3CC3)O2)c1. The minimum atomic E-state index is 0.233. The number of nitrogens with zero attached hydrogens (tertiary/aromatic N) is 1. The van der Waals surface area contributed by atoms with E-state index in [0.717, 1.165) is 31.2 Å². The molecule has 4 heteroatoms. The van der Waals surface area contributed by atoms with Gasteiger partial charge in [-0.3, -0.25) is 4.98 Å². The third-order valence-corrected chi connectivity index (χ3v) is 3.48. The summed E-state index contributed by atoms with van der Waals surface area (Å²) in [7, 11) is 0. The first-order valence-corrected chi connectivity index (χ1v) is 6.82. The van der Waals surface area contributed by atoms with E-state index in [2.05, 4.69) is 10.3 Å². The zero-order chi connectivity index (χ0) is 12.2. The van der Waals surface area contributed by atoms with Crippen LogP contribution in [-0.4, -0.2) is 36.4 Å². The van der Waals surface area contributed by atoms with Crippen LogP contribution in [0.2, 0.25) is 0 Å². The molecule has 0 spiro atoms. The van der Waals surface area contributed by atoms with Gasteiger partial charge in [0.25, 0.3) is 0 Å². The molecule has 1 aliphatic heterocycles.